The maximum Gasteiger partial charge on any atom is 0.322 e. The van der Waals surface area contributed by atoms with Crippen molar-refractivity contribution >= 4 is 40.4 Å². The van der Waals surface area contributed by atoms with Crippen LogP contribution in [0.1, 0.15) is 75.6 Å². The van der Waals surface area contributed by atoms with E-state index in [4.69, 9.17) is 0 Å². The third kappa shape index (κ3) is 8.18. The molecule has 2 atom stereocenters. The highest BCUT2D eigenvalue weighted by molar-refractivity contribution is 5.97. The number of para-hydroxylation sites is 1. The smallest absolute Gasteiger partial charge is 0.322 e. The molecule has 0 spiro atoms. The highest BCUT2D eigenvalue weighted by Gasteiger charge is 2.39. The van der Waals surface area contributed by atoms with Crippen LogP contribution in [0.3, 0.4) is 0 Å². The summed E-state index contributed by atoms with van der Waals surface area (Å²) in [7, 11) is 0. The van der Waals surface area contributed by atoms with Gasteiger partial charge in [0.15, 0.2) is 0 Å². The summed E-state index contributed by atoms with van der Waals surface area (Å²) < 4.78 is 0. The van der Waals surface area contributed by atoms with Gasteiger partial charge in [0.2, 0.25) is 11.8 Å². The molecule has 4 N–H and O–H groups in total. The van der Waals surface area contributed by atoms with Crippen LogP contribution >= 0.6 is 0 Å². The second kappa shape index (κ2) is 15.4. The topological polar surface area (TPSA) is 135 Å². The number of carboxylic acid groups (broad SMARTS) is 1. The maximum atomic E-state index is 14.0. The van der Waals surface area contributed by atoms with Crippen LogP contribution < -0.4 is 10.6 Å². The third-order valence-corrected chi connectivity index (χ3v) is 8.21. The number of unbranched alkanes of at least 4 members (excludes halogenated alkanes) is 4. The molecule has 1 aliphatic heterocycles. The van der Waals surface area contributed by atoms with E-state index >= 15 is 0 Å². The van der Waals surface area contributed by atoms with E-state index in [-0.39, 0.29) is 13.0 Å². The molecule has 0 saturated heterocycles. The number of carbonyl (C=O) groups excluding carboxylic acids is 3. The molecule has 0 radical (unpaired) electrons. The molecule has 236 valence electrons. The molecule has 0 saturated carbocycles. The van der Waals surface area contributed by atoms with E-state index in [1.807, 2.05) is 49.4 Å². The number of H-pyrrole nitrogens is 1. The molecule has 4 rings (SSSR count). The molecule has 0 bridgehead atoms. The minimum atomic E-state index is -1.24. The van der Waals surface area contributed by atoms with Crippen molar-refractivity contribution in [3.63, 3.8) is 0 Å². The van der Waals surface area contributed by atoms with Crippen molar-refractivity contribution in [2.24, 2.45) is 0 Å². The Morgan fingerprint density at radius 3 is 2.36 bits per heavy atom. The molecule has 0 fully saturated rings. The predicted molar refractivity (Wildman–Crippen MR) is 171 cm³/mol. The molecule has 0 aliphatic carbocycles. The number of carbonyl (C=O) groups is 4. The molecule has 10 nitrogen and oxygen atoms in total. The summed E-state index contributed by atoms with van der Waals surface area (Å²) in [6.07, 6.45) is 5.18. The van der Waals surface area contributed by atoms with Crippen LogP contribution in [0.4, 0.5) is 10.5 Å². The van der Waals surface area contributed by atoms with Gasteiger partial charge in [-0.2, -0.15) is 0 Å². The lowest BCUT2D eigenvalue weighted by Crippen LogP contribution is -2.58. The second-order valence-corrected chi connectivity index (χ2v) is 11.7. The first-order valence-electron chi connectivity index (χ1n) is 15.8. The van der Waals surface area contributed by atoms with Crippen molar-refractivity contribution in [3.05, 3.63) is 65.4 Å². The standard InChI is InChI=1S/C34H45N5O5/c1-4-6-10-17-38(18-11-7-5-2)33(43)28(21-31(40)41)37-32(42)30-20-26-25-15-8-9-16-27(25)36-29(26)22-39(30)34(44)35-24-14-12-13-23(3)19-24/h8-9,12-16,19,28,30,36H,4-7,10-11,17-18,20-22H2,1-3H3,(H,35,44)(H,37,42)(H,40,41)/t28-,30+/m0/s1. The number of aromatic amines is 1. The highest BCUT2D eigenvalue weighted by Crippen LogP contribution is 2.31. The van der Waals surface area contributed by atoms with Crippen molar-refractivity contribution in [1.82, 2.24) is 20.1 Å². The molecule has 10 heteroatoms. The molecule has 3 aromatic rings. The summed E-state index contributed by atoms with van der Waals surface area (Å²) in [4.78, 5) is 59.9. The largest absolute Gasteiger partial charge is 0.481 e. The quantitative estimate of drug-likeness (QED) is 0.178. The minimum absolute atomic E-state index is 0.150. The van der Waals surface area contributed by atoms with Crippen LogP contribution in [-0.4, -0.2) is 68.9 Å². The third-order valence-electron chi connectivity index (χ3n) is 8.21. The van der Waals surface area contributed by atoms with Gasteiger partial charge in [-0.25, -0.2) is 4.79 Å². The number of amides is 4. The zero-order valence-corrected chi connectivity index (χ0v) is 26.0. The number of nitrogens with one attached hydrogen (secondary N) is 3. The van der Waals surface area contributed by atoms with Gasteiger partial charge in [0.1, 0.15) is 12.1 Å². The molecule has 2 heterocycles. The normalized spacial score (nSPS) is 15.0. The van der Waals surface area contributed by atoms with E-state index in [0.717, 1.165) is 66.2 Å². The maximum absolute atomic E-state index is 14.0. The van der Waals surface area contributed by atoms with Gasteiger partial charge in [0, 0.05) is 41.8 Å². The summed E-state index contributed by atoms with van der Waals surface area (Å²) >= 11 is 0. The van der Waals surface area contributed by atoms with Gasteiger partial charge in [-0.1, -0.05) is 69.9 Å². The van der Waals surface area contributed by atoms with Gasteiger partial charge >= 0.3 is 12.0 Å². The fraction of sp³-hybridized carbons (Fsp3) is 0.471. The number of hydrogen-bond acceptors (Lipinski definition) is 4. The Balaban J connectivity index is 1.61. The molecular formula is C34H45N5O5. The van der Waals surface area contributed by atoms with Crippen LogP contribution in [0.2, 0.25) is 0 Å². The van der Waals surface area contributed by atoms with Gasteiger partial charge in [-0.3, -0.25) is 14.4 Å². The molecule has 2 aromatic carbocycles. The molecule has 4 amide bonds. The van der Waals surface area contributed by atoms with Gasteiger partial charge in [-0.15, -0.1) is 0 Å². The van der Waals surface area contributed by atoms with Crippen LogP contribution in [0.15, 0.2) is 48.5 Å². The molecule has 1 aliphatic rings. The number of carboxylic acids is 1. The molecule has 0 unspecified atom stereocenters. The predicted octanol–water partition coefficient (Wildman–Crippen LogP) is 5.60. The van der Waals surface area contributed by atoms with E-state index in [9.17, 15) is 24.3 Å². The van der Waals surface area contributed by atoms with Crippen molar-refractivity contribution < 1.29 is 24.3 Å². The summed E-state index contributed by atoms with van der Waals surface area (Å²) in [5.41, 5.74) is 4.26. The number of fused-ring (bicyclic) bond motifs is 3. The highest BCUT2D eigenvalue weighted by atomic mass is 16.4. The monoisotopic (exact) mass is 603 g/mol. The zero-order valence-electron chi connectivity index (χ0n) is 26.0. The summed E-state index contributed by atoms with van der Waals surface area (Å²) in [6.45, 7) is 7.27. The lowest BCUT2D eigenvalue weighted by Gasteiger charge is -2.36. The summed E-state index contributed by atoms with van der Waals surface area (Å²) in [6, 6.07) is 12.5. The average molecular weight is 604 g/mol. The van der Waals surface area contributed by atoms with Gasteiger partial charge in [-0.05, 0) is 49.1 Å². The molecule has 44 heavy (non-hydrogen) atoms. The fourth-order valence-electron chi connectivity index (χ4n) is 5.87. The van der Waals surface area contributed by atoms with Crippen LogP contribution in [-0.2, 0) is 27.3 Å². The van der Waals surface area contributed by atoms with Gasteiger partial charge in [0.05, 0.1) is 13.0 Å². The number of aryl methyl sites for hydroxylation is 1. The fourth-order valence-corrected chi connectivity index (χ4v) is 5.87. The first kappa shape index (κ1) is 32.6. The van der Waals surface area contributed by atoms with Crippen LogP contribution in [0.25, 0.3) is 10.9 Å². The number of nitrogens with zero attached hydrogens (tertiary/aromatic N) is 2. The summed E-state index contributed by atoms with van der Waals surface area (Å²) in [5, 5.41) is 16.4. The zero-order chi connectivity index (χ0) is 31.6. The Morgan fingerprint density at radius 1 is 1.00 bits per heavy atom. The number of urea groups is 1. The Kier molecular flexibility index (Phi) is 11.4. The van der Waals surface area contributed by atoms with E-state index in [1.54, 1.807) is 11.0 Å². The lowest BCUT2D eigenvalue weighted by atomic mass is 9.95. The number of aromatic nitrogens is 1. The van der Waals surface area contributed by atoms with E-state index < -0.39 is 42.3 Å². The summed E-state index contributed by atoms with van der Waals surface area (Å²) in [5.74, 6) is -2.13. The number of rotatable bonds is 14. The average Bonchev–Trinajstić information content (AvgIpc) is 3.36. The van der Waals surface area contributed by atoms with Gasteiger partial charge < -0.3 is 30.5 Å². The van der Waals surface area contributed by atoms with Crippen molar-refractivity contribution in [3.8, 4) is 0 Å². The van der Waals surface area contributed by atoms with Crippen molar-refractivity contribution in [2.45, 2.75) is 90.8 Å². The second-order valence-electron chi connectivity index (χ2n) is 11.7. The first-order valence-corrected chi connectivity index (χ1v) is 15.8. The van der Waals surface area contributed by atoms with E-state index in [0.29, 0.717) is 18.8 Å². The van der Waals surface area contributed by atoms with Crippen LogP contribution in [0.5, 0.6) is 0 Å². The SMILES string of the molecule is CCCCCN(CCCCC)C(=O)[C@H](CC(=O)O)NC(=O)[C@H]1Cc2c([nH]c3ccccc23)CN1C(=O)Nc1cccc(C)c1. The Morgan fingerprint density at radius 2 is 1.70 bits per heavy atom. The Bertz CT molecular complexity index is 1460. The van der Waals surface area contributed by atoms with E-state index in [2.05, 4.69) is 29.5 Å². The van der Waals surface area contributed by atoms with E-state index in [1.165, 1.54) is 4.90 Å². The van der Waals surface area contributed by atoms with Crippen molar-refractivity contribution in [1.29, 1.82) is 0 Å². The Hall–Kier alpha value is -4.34. The molecular weight excluding hydrogens is 558 g/mol. The number of aliphatic carboxylic acids is 1. The van der Waals surface area contributed by atoms with Crippen molar-refractivity contribution in [2.75, 3.05) is 18.4 Å². The Labute approximate surface area is 259 Å². The lowest BCUT2D eigenvalue weighted by molar-refractivity contribution is -0.144. The molecule has 1 aromatic heterocycles. The first-order chi connectivity index (χ1) is 21.2. The number of benzene rings is 2. The number of hydrogen-bond donors (Lipinski definition) is 4. The van der Waals surface area contributed by atoms with Crippen LogP contribution in [0, 0.1) is 6.92 Å². The minimum Gasteiger partial charge on any atom is -0.481 e. The number of anilines is 1. The van der Waals surface area contributed by atoms with Gasteiger partial charge in [0.25, 0.3) is 0 Å².